The number of aliphatic hydroxyl groups excluding tert-OH is 1. The van der Waals surface area contributed by atoms with Crippen molar-refractivity contribution in [1.29, 1.82) is 0 Å². The summed E-state index contributed by atoms with van der Waals surface area (Å²) in [6.45, 7) is 2.07. The minimum Gasteiger partial charge on any atom is -0.487 e. The van der Waals surface area contributed by atoms with E-state index in [1.807, 2.05) is 0 Å². The van der Waals surface area contributed by atoms with Gasteiger partial charge >= 0.3 is 6.03 Å². The highest BCUT2D eigenvalue weighted by atomic mass is 79.9. The minimum atomic E-state index is -0.725. The number of halogens is 3. The summed E-state index contributed by atoms with van der Waals surface area (Å²) in [5.41, 5.74) is 1.83. The quantitative estimate of drug-likeness (QED) is 0.390. The highest BCUT2D eigenvalue weighted by Gasteiger charge is 2.14. The molecule has 11 heteroatoms. The Morgan fingerprint density at radius 2 is 2.00 bits per heavy atom. The molecule has 0 aliphatic heterocycles. The number of hydrogen-bond acceptors (Lipinski definition) is 5. The Morgan fingerprint density at radius 3 is 2.68 bits per heavy atom. The molecule has 0 bridgehead atoms. The van der Waals surface area contributed by atoms with Crippen molar-refractivity contribution in [1.82, 2.24) is 20.2 Å². The molecule has 2 heterocycles. The van der Waals surface area contributed by atoms with Crippen LogP contribution >= 0.6 is 15.9 Å². The average Bonchev–Trinajstić information content (AvgIpc) is 2.82. The summed E-state index contributed by atoms with van der Waals surface area (Å²) in [6, 6.07) is 8.00. The van der Waals surface area contributed by atoms with E-state index in [2.05, 4.69) is 31.5 Å². The first kappa shape index (κ1) is 25.3. The molecule has 0 saturated heterocycles. The van der Waals surface area contributed by atoms with Crippen molar-refractivity contribution in [3.8, 4) is 5.75 Å². The number of carbonyl (C=O) groups excluding carboxylic acids is 1. The first-order valence-corrected chi connectivity index (χ1v) is 11.1. The van der Waals surface area contributed by atoms with E-state index in [-0.39, 0.29) is 54.2 Å². The molecule has 0 unspecified atom stereocenters. The maximum absolute atomic E-state index is 13.8. The van der Waals surface area contributed by atoms with Crippen molar-refractivity contribution in [2.45, 2.75) is 26.6 Å². The number of nitrogens with zero attached hydrogens (tertiary/aromatic N) is 2. The number of rotatable bonds is 9. The van der Waals surface area contributed by atoms with E-state index in [0.717, 1.165) is 17.7 Å². The van der Waals surface area contributed by atoms with Crippen molar-refractivity contribution in [2.24, 2.45) is 0 Å². The molecule has 0 aliphatic carbocycles. The number of ether oxygens (including phenoxy) is 1. The summed E-state index contributed by atoms with van der Waals surface area (Å²) in [6.07, 6.45) is 1.60. The van der Waals surface area contributed by atoms with Crippen LogP contribution in [-0.4, -0.2) is 33.8 Å². The second-order valence-corrected chi connectivity index (χ2v) is 8.16. The molecule has 0 saturated carbocycles. The zero-order chi connectivity index (χ0) is 24.7. The number of aliphatic hydroxyl groups is 1. The molecule has 2 amide bonds. The number of carbonyl (C=O) groups is 1. The maximum Gasteiger partial charge on any atom is 0.315 e. The van der Waals surface area contributed by atoms with Crippen molar-refractivity contribution in [2.75, 3.05) is 13.2 Å². The van der Waals surface area contributed by atoms with Gasteiger partial charge in [0, 0.05) is 42.7 Å². The van der Waals surface area contributed by atoms with Crippen LogP contribution < -0.4 is 20.9 Å². The number of amides is 2. The van der Waals surface area contributed by atoms with Crippen LogP contribution in [0.2, 0.25) is 0 Å². The number of hydrogen-bond donors (Lipinski definition) is 3. The number of pyridine rings is 2. The van der Waals surface area contributed by atoms with Crippen molar-refractivity contribution in [3.63, 3.8) is 0 Å². The minimum absolute atomic E-state index is 0.140. The molecule has 3 N–H and O–H groups in total. The number of urea groups is 1. The van der Waals surface area contributed by atoms with Gasteiger partial charge in [0.05, 0.1) is 18.8 Å². The highest BCUT2D eigenvalue weighted by Crippen LogP contribution is 2.24. The lowest BCUT2D eigenvalue weighted by atomic mass is 10.2. The SMILES string of the molecule is Cc1cc(OCc2ccc(F)cc2F)c(Br)c(=O)n1Cc1ccc(CNC(=O)NCCO)cn1. The fraction of sp³-hybridized carbons (Fsp3) is 0.261. The molecule has 0 spiro atoms. The normalized spacial score (nSPS) is 10.7. The van der Waals surface area contributed by atoms with E-state index in [1.165, 1.54) is 10.6 Å². The molecule has 0 radical (unpaired) electrons. The number of benzene rings is 1. The third-order valence-corrected chi connectivity index (χ3v) is 5.60. The molecule has 0 atom stereocenters. The van der Waals surface area contributed by atoms with Crippen LogP contribution in [0.25, 0.3) is 0 Å². The molecule has 0 fully saturated rings. The van der Waals surface area contributed by atoms with E-state index >= 15 is 0 Å². The van der Waals surface area contributed by atoms with Crippen LogP contribution in [0, 0.1) is 18.6 Å². The molecule has 8 nitrogen and oxygen atoms in total. The molecule has 3 rings (SSSR count). The number of aryl methyl sites for hydroxylation is 1. The Labute approximate surface area is 202 Å². The predicted octanol–water partition coefficient (Wildman–Crippen LogP) is 3.01. The summed E-state index contributed by atoms with van der Waals surface area (Å²) < 4.78 is 34.2. The lowest BCUT2D eigenvalue weighted by Gasteiger charge is -2.15. The van der Waals surface area contributed by atoms with Gasteiger partial charge in [-0.3, -0.25) is 9.78 Å². The van der Waals surface area contributed by atoms with E-state index in [9.17, 15) is 18.4 Å². The molecule has 2 aromatic heterocycles. The van der Waals surface area contributed by atoms with Crippen LogP contribution in [0.5, 0.6) is 5.75 Å². The number of aromatic nitrogens is 2. The van der Waals surface area contributed by atoms with Gasteiger partial charge in [-0.05, 0) is 46.6 Å². The summed E-state index contributed by atoms with van der Waals surface area (Å²) >= 11 is 3.25. The Morgan fingerprint density at radius 1 is 1.21 bits per heavy atom. The van der Waals surface area contributed by atoms with Gasteiger partial charge in [0.25, 0.3) is 5.56 Å². The van der Waals surface area contributed by atoms with E-state index in [0.29, 0.717) is 11.4 Å². The molecular formula is C23H23BrF2N4O4. The Balaban J connectivity index is 1.66. The first-order chi connectivity index (χ1) is 16.3. The second-order valence-electron chi connectivity index (χ2n) is 7.37. The zero-order valence-electron chi connectivity index (χ0n) is 18.3. The monoisotopic (exact) mass is 536 g/mol. The summed E-state index contributed by atoms with van der Waals surface area (Å²) in [4.78, 5) is 28.8. The van der Waals surface area contributed by atoms with Crippen LogP contribution in [0.4, 0.5) is 13.6 Å². The lowest BCUT2D eigenvalue weighted by Crippen LogP contribution is -2.36. The van der Waals surface area contributed by atoms with Crippen molar-refractivity contribution >= 4 is 22.0 Å². The van der Waals surface area contributed by atoms with Gasteiger partial charge in [0.15, 0.2) is 0 Å². The third-order valence-electron chi connectivity index (χ3n) is 4.87. The highest BCUT2D eigenvalue weighted by molar-refractivity contribution is 9.10. The third kappa shape index (κ3) is 6.61. The molecule has 3 aromatic rings. The first-order valence-electron chi connectivity index (χ1n) is 10.3. The fourth-order valence-corrected chi connectivity index (χ4v) is 3.48. The summed E-state index contributed by atoms with van der Waals surface area (Å²) in [5.74, 6) is -1.16. The van der Waals surface area contributed by atoms with Gasteiger partial charge in [0.2, 0.25) is 0 Å². The zero-order valence-corrected chi connectivity index (χ0v) is 19.9. The maximum atomic E-state index is 13.8. The molecule has 34 heavy (non-hydrogen) atoms. The summed E-state index contributed by atoms with van der Waals surface area (Å²) in [7, 11) is 0. The van der Waals surface area contributed by atoms with E-state index in [1.54, 1.807) is 31.3 Å². The van der Waals surface area contributed by atoms with Gasteiger partial charge in [0.1, 0.15) is 28.5 Å². The predicted molar refractivity (Wildman–Crippen MR) is 124 cm³/mol. The van der Waals surface area contributed by atoms with Crippen LogP contribution in [0.15, 0.2) is 51.9 Å². The molecular weight excluding hydrogens is 514 g/mol. The second kappa shape index (κ2) is 11.7. The standard InChI is InChI=1S/C23H23BrF2N4O4/c1-14-8-20(34-13-16-3-4-17(25)9-19(16)26)21(24)22(32)30(14)12-18-5-2-15(10-28-18)11-29-23(33)27-6-7-31/h2-5,8-10,31H,6-7,11-13H2,1H3,(H2,27,29,33). The van der Waals surface area contributed by atoms with Gasteiger partial charge in [-0.15, -0.1) is 0 Å². The fourth-order valence-electron chi connectivity index (χ4n) is 3.04. The van der Waals surface area contributed by atoms with Crippen LogP contribution in [0.3, 0.4) is 0 Å². The van der Waals surface area contributed by atoms with E-state index in [4.69, 9.17) is 9.84 Å². The molecule has 1 aromatic carbocycles. The van der Waals surface area contributed by atoms with Crippen LogP contribution in [0.1, 0.15) is 22.5 Å². The van der Waals surface area contributed by atoms with Gasteiger partial charge in [-0.25, -0.2) is 13.6 Å². The lowest BCUT2D eigenvalue weighted by molar-refractivity contribution is 0.234. The largest absolute Gasteiger partial charge is 0.487 e. The number of nitrogens with one attached hydrogen (secondary N) is 2. The van der Waals surface area contributed by atoms with Crippen molar-refractivity contribution in [3.05, 3.63) is 91.6 Å². The smallest absolute Gasteiger partial charge is 0.315 e. The molecule has 0 aliphatic rings. The average molecular weight is 537 g/mol. The van der Waals surface area contributed by atoms with E-state index < -0.39 is 17.7 Å². The summed E-state index contributed by atoms with van der Waals surface area (Å²) in [5, 5.41) is 13.8. The Hall–Kier alpha value is -3.31. The van der Waals surface area contributed by atoms with Gasteiger partial charge < -0.3 is 25.0 Å². The Kier molecular flexibility index (Phi) is 8.72. The van der Waals surface area contributed by atoms with Crippen molar-refractivity contribution < 1.29 is 23.4 Å². The topological polar surface area (TPSA) is 105 Å². The van der Waals surface area contributed by atoms with Crippen LogP contribution in [-0.2, 0) is 19.7 Å². The van der Waals surface area contributed by atoms with Gasteiger partial charge in [-0.2, -0.15) is 0 Å². The molecule has 180 valence electrons. The Bertz CT molecular complexity index is 1220. The van der Waals surface area contributed by atoms with Gasteiger partial charge in [-0.1, -0.05) is 6.07 Å².